The summed E-state index contributed by atoms with van der Waals surface area (Å²) in [5.41, 5.74) is 4.79. The molecule has 2 aromatic rings. The molecule has 2 aromatic carbocycles. The molecule has 0 heterocycles. The quantitative estimate of drug-likeness (QED) is 0.597. The SMILES string of the molecule is Cc1ccc(S(=O)(=O)N(CC(=O)NN=C2CCC(C(C)(C)C)CC2)c2ccc(F)cc2)cc1. The number of aryl methyl sites for hydroxylation is 1. The summed E-state index contributed by atoms with van der Waals surface area (Å²) in [6.07, 6.45) is 3.65. The Balaban J connectivity index is 1.76. The predicted octanol–water partition coefficient (Wildman–Crippen LogP) is 5.04. The monoisotopic (exact) mass is 473 g/mol. The van der Waals surface area contributed by atoms with Crippen molar-refractivity contribution >= 4 is 27.3 Å². The van der Waals surface area contributed by atoms with Gasteiger partial charge in [0.05, 0.1) is 10.6 Å². The van der Waals surface area contributed by atoms with E-state index in [2.05, 4.69) is 31.3 Å². The number of amides is 1. The Hall–Kier alpha value is -2.74. The molecular weight excluding hydrogens is 441 g/mol. The van der Waals surface area contributed by atoms with Gasteiger partial charge in [-0.25, -0.2) is 18.2 Å². The van der Waals surface area contributed by atoms with E-state index in [1.807, 2.05) is 6.92 Å². The minimum Gasteiger partial charge on any atom is -0.271 e. The molecule has 0 aromatic heterocycles. The Bertz CT molecular complexity index is 1100. The first-order valence-electron chi connectivity index (χ1n) is 11.2. The average molecular weight is 474 g/mol. The lowest BCUT2D eigenvalue weighted by Gasteiger charge is -2.34. The molecule has 0 unspecified atom stereocenters. The van der Waals surface area contributed by atoms with Crippen LogP contribution >= 0.6 is 0 Å². The van der Waals surface area contributed by atoms with Crippen LogP contribution in [0.3, 0.4) is 0 Å². The summed E-state index contributed by atoms with van der Waals surface area (Å²) in [4.78, 5) is 12.7. The molecule has 0 bridgehead atoms. The topological polar surface area (TPSA) is 78.8 Å². The number of anilines is 1. The molecule has 6 nitrogen and oxygen atoms in total. The van der Waals surface area contributed by atoms with Crippen LogP contribution < -0.4 is 9.73 Å². The summed E-state index contributed by atoms with van der Waals surface area (Å²) in [6.45, 7) is 8.10. The first-order chi connectivity index (χ1) is 15.5. The number of hydrogen-bond donors (Lipinski definition) is 1. The zero-order valence-corrected chi connectivity index (χ0v) is 20.5. The van der Waals surface area contributed by atoms with Crippen molar-refractivity contribution in [3.05, 3.63) is 59.9 Å². The third-order valence-corrected chi connectivity index (χ3v) is 7.93. The maximum absolute atomic E-state index is 13.4. The van der Waals surface area contributed by atoms with E-state index in [1.165, 1.54) is 36.4 Å². The summed E-state index contributed by atoms with van der Waals surface area (Å²) in [5.74, 6) is -0.436. The fourth-order valence-electron chi connectivity index (χ4n) is 4.00. The molecule has 33 heavy (non-hydrogen) atoms. The van der Waals surface area contributed by atoms with Crippen LogP contribution in [-0.4, -0.2) is 26.6 Å². The van der Waals surface area contributed by atoms with Gasteiger partial charge in [-0.15, -0.1) is 0 Å². The van der Waals surface area contributed by atoms with E-state index in [4.69, 9.17) is 0 Å². The highest BCUT2D eigenvalue weighted by atomic mass is 32.2. The molecule has 0 spiro atoms. The summed E-state index contributed by atoms with van der Waals surface area (Å²) in [7, 11) is -4.04. The van der Waals surface area contributed by atoms with Crippen LogP contribution in [0, 0.1) is 24.1 Å². The second-order valence-electron chi connectivity index (χ2n) is 9.65. The van der Waals surface area contributed by atoms with E-state index in [1.54, 1.807) is 12.1 Å². The van der Waals surface area contributed by atoms with Gasteiger partial charge in [0.2, 0.25) is 0 Å². The van der Waals surface area contributed by atoms with Crippen molar-refractivity contribution in [2.45, 2.75) is 58.3 Å². The van der Waals surface area contributed by atoms with Gasteiger partial charge in [0.15, 0.2) is 0 Å². The number of hydrogen-bond acceptors (Lipinski definition) is 4. The number of halogens is 1. The second kappa shape index (κ2) is 10.0. The van der Waals surface area contributed by atoms with Gasteiger partial charge >= 0.3 is 0 Å². The van der Waals surface area contributed by atoms with Gasteiger partial charge in [-0.05, 0) is 80.3 Å². The number of carbonyl (C=O) groups is 1. The molecule has 1 fully saturated rings. The Labute approximate surface area is 195 Å². The van der Waals surface area contributed by atoms with Crippen molar-refractivity contribution in [1.82, 2.24) is 5.43 Å². The van der Waals surface area contributed by atoms with Crippen molar-refractivity contribution in [1.29, 1.82) is 0 Å². The highest BCUT2D eigenvalue weighted by Crippen LogP contribution is 2.36. The number of nitrogens with zero attached hydrogens (tertiary/aromatic N) is 2. The first kappa shape index (κ1) is 24.9. The first-order valence-corrected chi connectivity index (χ1v) is 12.6. The Morgan fingerprint density at radius 1 is 1.06 bits per heavy atom. The maximum atomic E-state index is 13.4. The molecule has 0 radical (unpaired) electrons. The average Bonchev–Trinajstić information content (AvgIpc) is 2.77. The highest BCUT2D eigenvalue weighted by molar-refractivity contribution is 7.92. The zero-order valence-electron chi connectivity index (χ0n) is 19.6. The van der Waals surface area contributed by atoms with Crippen LogP contribution in [0.5, 0.6) is 0 Å². The minimum atomic E-state index is -4.04. The number of nitrogens with one attached hydrogen (secondary N) is 1. The Morgan fingerprint density at radius 2 is 1.64 bits per heavy atom. The molecular formula is C25H32FN3O3S. The van der Waals surface area contributed by atoms with Crippen LogP contribution in [0.1, 0.15) is 52.0 Å². The molecule has 3 rings (SSSR count). The standard InChI is InChI=1S/C25H32FN3O3S/c1-18-5-15-23(16-6-18)33(31,32)29(22-13-9-20(26)10-14-22)17-24(30)28-27-21-11-7-19(8-12-21)25(2,3)4/h5-6,9-10,13-16,19H,7-8,11-12,17H2,1-4H3,(H,28,30). The van der Waals surface area contributed by atoms with E-state index >= 15 is 0 Å². The fourth-order valence-corrected chi connectivity index (χ4v) is 5.42. The van der Waals surface area contributed by atoms with Crippen molar-refractivity contribution in [2.75, 3.05) is 10.8 Å². The number of sulfonamides is 1. The molecule has 0 saturated heterocycles. The number of rotatable bonds is 6. The summed E-state index contributed by atoms with van der Waals surface area (Å²) >= 11 is 0. The summed E-state index contributed by atoms with van der Waals surface area (Å²) < 4.78 is 41.0. The van der Waals surface area contributed by atoms with Crippen LogP contribution in [0.4, 0.5) is 10.1 Å². The number of benzene rings is 2. The van der Waals surface area contributed by atoms with Crippen molar-refractivity contribution in [3.8, 4) is 0 Å². The Kier molecular flexibility index (Phi) is 7.57. The third-order valence-electron chi connectivity index (χ3n) is 6.14. The fraction of sp³-hybridized carbons (Fsp3) is 0.440. The van der Waals surface area contributed by atoms with Gasteiger partial charge < -0.3 is 0 Å². The predicted molar refractivity (Wildman–Crippen MR) is 129 cm³/mol. The second-order valence-corrected chi connectivity index (χ2v) is 11.5. The molecule has 8 heteroatoms. The maximum Gasteiger partial charge on any atom is 0.264 e. The van der Waals surface area contributed by atoms with Crippen molar-refractivity contribution in [3.63, 3.8) is 0 Å². The minimum absolute atomic E-state index is 0.0528. The van der Waals surface area contributed by atoms with Gasteiger partial charge in [0, 0.05) is 5.71 Å². The zero-order chi connectivity index (χ0) is 24.2. The summed E-state index contributed by atoms with van der Waals surface area (Å²) in [6, 6.07) is 11.4. The number of carbonyl (C=O) groups excluding carboxylic acids is 1. The van der Waals surface area contributed by atoms with Gasteiger partial charge in [-0.3, -0.25) is 9.10 Å². The normalized spacial score (nSPS) is 16.9. The lowest BCUT2D eigenvalue weighted by atomic mass is 9.72. The van der Waals surface area contributed by atoms with Gasteiger partial charge in [0.25, 0.3) is 15.9 Å². The third kappa shape index (κ3) is 6.41. The lowest BCUT2D eigenvalue weighted by Crippen LogP contribution is -2.40. The van der Waals surface area contributed by atoms with Crippen LogP contribution in [0.15, 0.2) is 58.5 Å². The lowest BCUT2D eigenvalue weighted by molar-refractivity contribution is -0.119. The van der Waals surface area contributed by atoms with Crippen molar-refractivity contribution < 1.29 is 17.6 Å². The van der Waals surface area contributed by atoms with E-state index in [9.17, 15) is 17.6 Å². The van der Waals surface area contributed by atoms with E-state index in [0.717, 1.165) is 41.3 Å². The molecule has 1 N–H and O–H groups in total. The van der Waals surface area contributed by atoms with Crippen LogP contribution in [0.25, 0.3) is 0 Å². The highest BCUT2D eigenvalue weighted by Gasteiger charge is 2.29. The number of hydrazone groups is 1. The smallest absolute Gasteiger partial charge is 0.264 e. The van der Waals surface area contributed by atoms with Crippen LogP contribution in [0.2, 0.25) is 0 Å². The molecule has 1 saturated carbocycles. The van der Waals surface area contributed by atoms with Crippen molar-refractivity contribution in [2.24, 2.45) is 16.4 Å². The van der Waals surface area contributed by atoms with E-state index < -0.39 is 28.3 Å². The summed E-state index contributed by atoms with van der Waals surface area (Å²) in [5, 5.41) is 4.26. The molecule has 1 aliphatic rings. The molecule has 178 valence electrons. The van der Waals surface area contributed by atoms with E-state index in [-0.39, 0.29) is 16.0 Å². The molecule has 1 aliphatic carbocycles. The van der Waals surface area contributed by atoms with Crippen LogP contribution in [-0.2, 0) is 14.8 Å². The largest absolute Gasteiger partial charge is 0.271 e. The molecule has 0 aliphatic heterocycles. The van der Waals surface area contributed by atoms with E-state index in [0.29, 0.717) is 5.92 Å². The molecule has 0 atom stereocenters. The van der Waals surface area contributed by atoms with Gasteiger partial charge in [-0.1, -0.05) is 38.5 Å². The molecule has 1 amide bonds. The Morgan fingerprint density at radius 3 is 2.18 bits per heavy atom. The van der Waals surface area contributed by atoms with Gasteiger partial charge in [-0.2, -0.15) is 5.10 Å². The van der Waals surface area contributed by atoms with Gasteiger partial charge in [0.1, 0.15) is 12.4 Å².